The largest absolute Gasteiger partial charge is 0.443 e. The number of carbonyl (C=O) groups excluding carboxylic acids is 1. The number of imidazole rings is 2. The molecule has 528 valence electrons. The highest BCUT2D eigenvalue weighted by atomic mass is 35.5. The molecule has 6 aromatic carbocycles. The van der Waals surface area contributed by atoms with Gasteiger partial charge in [-0.05, 0) is 200 Å². The monoisotopic (exact) mass is 1400 g/mol. The van der Waals surface area contributed by atoms with Crippen molar-refractivity contribution in [1.29, 1.82) is 0 Å². The smallest absolute Gasteiger partial charge is 0.422 e. The van der Waals surface area contributed by atoms with Gasteiger partial charge in [-0.3, -0.25) is 19.2 Å². The summed E-state index contributed by atoms with van der Waals surface area (Å²) in [5.41, 5.74) is 9.52. The maximum atomic E-state index is 14.1. The fourth-order valence-corrected chi connectivity index (χ4v) is 12.1. The lowest BCUT2D eigenvalue weighted by molar-refractivity contribution is 0.0526. The molecule has 6 heterocycles. The summed E-state index contributed by atoms with van der Waals surface area (Å²) in [6.07, 6.45) is 7.21. The number of carbonyl (C=O) groups is 1. The Balaban J connectivity index is 0.000000154. The third kappa shape index (κ3) is 19.2. The van der Waals surface area contributed by atoms with Crippen LogP contribution in [0.2, 0.25) is 10.3 Å². The quantitative estimate of drug-likeness (QED) is 0.100. The topological polar surface area (TPSA) is 243 Å². The number of fused-ring (bicyclic) bond motifs is 6. The van der Waals surface area contributed by atoms with Gasteiger partial charge in [-0.1, -0.05) is 126 Å². The van der Waals surface area contributed by atoms with Crippen molar-refractivity contribution in [3.63, 3.8) is 0 Å². The molecular weight excluding hydrogens is 1310 g/mol. The number of rotatable bonds is 7. The molecule has 12 aromatic rings. The second kappa shape index (κ2) is 32.8. The number of ether oxygens (including phenoxy) is 1. The number of H-pyrrole nitrogens is 5. The number of aromatic amines is 5. The zero-order chi connectivity index (χ0) is 73.4. The van der Waals surface area contributed by atoms with E-state index in [0.717, 1.165) is 42.6 Å². The molecule has 100 heavy (non-hydrogen) atoms. The summed E-state index contributed by atoms with van der Waals surface area (Å²) in [7, 11) is 0. The number of pyridine rings is 1. The van der Waals surface area contributed by atoms with Crippen LogP contribution >= 0.6 is 23.2 Å². The lowest BCUT2D eigenvalue weighted by atomic mass is 9.89. The van der Waals surface area contributed by atoms with E-state index in [-0.39, 0.29) is 62.8 Å². The molecule has 0 unspecified atom stereocenters. The van der Waals surface area contributed by atoms with E-state index in [0.29, 0.717) is 73.3 Å². The molecule has 0 bridgehead atoms. The summed E-state index contributed by atoms with van der Waals surface area (Å²) in [6, 6.07) is 28.2. The highest BCUT2D eigenvalue weighted by molar-refractivity contribution is 6.32. The van der Waals surface area contributed by atoms with Gasteiger partial charge in [0, 0.05) is 29.1 Å². The van der Waals surface area contributed by atoms with Crippen molar-refractivity contribution in [1.82, 2.24) is 54.4 Å². The van der Waals surface area contributed by atoms with Crippen LogP contribution in [0.3, 0.4) is 0 Å². The highest BCUT2D eigenvalue weighted by Crippen LogP contribution is 2.34. The van der Waals surface area contributed by atoms with E-state index in [4.69, 9.17) is 32.9 Å². The highest BCUT2D eigenvalue weighted by Gasteiger charge is 2.24. The molecule has 1 fully saturated rings. The molecule has 0 aliphatic heterocycles. The Morgan fingerprint density at radius 3 is 1.69 bits per heavy atom. The minimum absolute atomic E-state index is 0.0500. The van der Waals surface area contributed by atoms with Gasteiger partial charge in [0.2, 0.25) is 10.8 Å². The minimum atomic E-state index is -0.787. The fourth-order valence-electron chi connectivity index (χ4n) is 11.6. The summed E-state index contributed by atoms with van der Waals surface area (Å²) in [5, 5.41) is 3.31. The van der Waals surface area contributed by atoms with Gasteiger partial charge in [-0.25, -0.2) is 42.9 Å². The van der Waals surface area contributed by atoms with E-state index in [2.05, 4.69) is 105 Å². The molecule has 17 nitrogen and oxygen atoms in total. The molecule has 5 N–H and O–H groups in total. The lowest BCUT2D eigenvalue weighted by Gasteiger charge is -2.20. The summed E-state index contributed by atoms with van der Waals surface area (Å²) < 4.78 is 47.3. The van der Waals surface area contributed by atoms with Gasteiger partial charge in [-0.2, -0.15) is 4.57 Å². The van der Waals surface area contributed by atoms with Crippen LogP contribution in [0.1, 0.15) is 228 Å². The number of halogens is 5. The number of aryl methyl sites for hydroxylation is 2. The first-order chi connectivity index (χ1) is 47.1. The van der Waals surface area contributed by atoms with Crippen LogP contribution in [-0.4, -0.2) is 66.1 Å². The minimum Gasteiger partial charge on any atom is -0.443 e. The van der Waals surface area contributed by atoms with Crippen LogP contribution in [0, 0.1) is 31.3 Å². The van der Waals surface area contributed by atoms with E-state index in [9.17, 15) is 37.1 Å². The number of hydrogen-bond acceptors (Lipinski definition) is 11. The number of nitrogens with one attached hydrogen (secondary N) is 5. The summed E-state index contributed by atoms with van der Waals surface area (Å²) in [5.74, 6) is 3.21. The Labute approximate surface area is 589 Å². The normalized spacial score (nSPS) is 12.6. The van der Waals surface area contributed by atoms with Crippen molar-refractivity contribution in [2.75, 3.05) is 0 Å². The van der Waals surface area contributed by atoms with Crippen LogP contribution in [-0.2, 0) is 4.74 Å². The van der Waals surface area contributed by atoms with Gasteiger partial charge in [0.25, 0.3) is 16.7 Å². The first-order valence-electron chi connectivity index (χ1n) is 33.9. The van der Waals surface area contributed by atoms with Crippen molar-refractivity contribution in [2.24, 2.45) is 0 Å². The van der Waals surface area contributed by atoms with Gasteiger partial charge >= 0.3 is 6.09 Å². The molecule has 1 aliphatic carbocycles. The Kier molecular flexibility index (Phi) is 25.1. The Morgan fingerprint density at radius 2 is 1.08 bits per heavy atom. The van der Waals surface area contributed by atoms with Crippen LogP contribution in [0.15, 0.2) is 123 Å². The Bertz CT molecular complexity index is 5160. The first-order valence-corrected chi connectivity index (χ1v) is 34.6. The average Bonchev–Trinajstić information content (AvgIpc) is 1.77. The van der Waals surface area contributed by atoms with Crippen molar-refractivity contribution in [3.8, 4) is 0 Å². The second-order valence-electron chi connectivity index (χ2n) is 28.1. The van der Waals surface area contributed by atoms with Gasteiger partial charge in [0.05, 0.1) is 66.6 Å². The van der Waals surface area contributed by atoms with Crippen LogP contribution < -0.4 is 22.2 Å². The zero-order valence-electron chi connectivity index (χ0n) is 59.9. The molecule has 22 heteroatoms. The maximum Gasteiger partial charge on any atom is 0.422 e. The van der Waals surface area contributed by atoms with Crippen LogP contribution in [0.5, 0.6) is 0 Å². The number of nitrogens with zero attached hydrogens (tertiary/aromatic N) is 6. The number of aromatic nitrogens is 11. The van der Waals surface area contributed by atoms with Crippen LogP contribution in [0.4, 0.5) is 18.0 Å². The van der Waals surface area contributed by atoms with Crippen molar-refractivity contribution >= 4 is 95.0 Å². The van der Waals surface area contributed by atoms with Gasteiger partial charge in [0.1, 0.15) is 40.5 Å². The van der Waals surface area contributed by atoms with Gasteiger partial charge < -0.3 is 29.7 Å². The second-order valence-corrected chi connectivity index (χ2v) is 28.9. The first kappa shape index (κ1) is 76.5. The summed E-state index contributed by atoms with van der Waals surface area (Å²) in [4.78, 5) is 94.6. The maximum absolute atomic E-state index is 14.1. The van der Waals surface area contributed by atoms with E-state index < -0.39 is 23.1 Å². The van der Waals surface area contributed by atoms with E-state index in [1.807, 2.05) is 71.9 Å². The number of benzene rings is 6. The summed E-state index contributed by atoms with van der Waals surface area (Å²) in [6.45, 7) is 32.6. The lowest BCUT2D eigenvalue weighted by Crippen LogP contribution is -2.35. The molecule has 0 radical (unpaired) electrons. The third-order valence-corrected chi connectivity index (χ3v) is 17.6. The Hall–Kier alpha value is -9.27. The molecule has 0 spiro atoms. The van der Waals surface area contributed by atoms with Crippen LogP contribution in [0.25, 0.3) is 65.7 Å². The SMILES string of the molecule is CC(C)c1cc2[nH]c(Cl)nc2cc1Cl.CC(C)c1cc2c(=O)[nH]cnc2cc1F.CC(C)c1cc2ccc(=O)[nH]c2cc1F.CC(C)c1ccc2nc(C3CCCCC3)[nH]c2c1.Cc1nc2cc(F)c(C(C)C)cc2c(=O)n1C(=O)OC(C)(C)C.Cc1nc2ccc(C(C)C)cc2c(=O)[nH]1. The average molecular weight is 1410 g/mol. The van der Waals surface area contributed by atoms with Crippen molar-refractivity contribution < 1.29 is 22.7 Å². The van der Waals surface area contributed by atoms with Crippen molar-refractivity contribution in [3.05, 3.63) is 223 Å². The fraction of sp³-hybridized carbons (Fsp3) is 0.385. The molecule has 0 saturated heterocycles. The van der Waals surface area contributed by atoms with Gasteiger partial charge in [0.15, 0.2) is 0 Å². The molecule has 13 rings (SSSR count). The third-order valence-electron chi connectivity index (χ3n) is 17.1. The Morgan fingerprint density at radius 1 is 0.520 bits per heavy atom. The van der Waals surface area contributed by atoms with Crippen molar-refractivity contribution in [2.45, 2.75) is 197 Å². The van der Waals surface area contributed by atoms with E-state index in [1.54, 1.807) is 45.9 Å². The van der Waals surface area contributed by atoms with Gasteiger partial charge in [-0.15, -0.1) is 0 Å². The van der Waals surface area contributed by atoms with E-state index in [1.165, 1.54) is 98.2 Å². The molecule has 6 aromatic heterocycles. The predicted octanol–water partition coefficient (Wildman–Crippen LogP) is 19.8. The molecule has 0 amide bonds. The number of hydrogen-bond donors (Lipinski definition) is 5. The molecule has 0 atom stereocenters. The zero-order valence-corrected chi connectivity index (χ0v) is 61.4. The standard InChI is InChI=1S/C17H21FN2O3.C16H22N2.C12H12FNO.C12H14N2O.C11H11FN2O.C10H10Cl2N2/c1-9(2)11-7-12-14(8-13(11)18)19-10(3)20(15(12)21)16(22)23-17(4,5)6;1-11(2)13-8-9-14-15(10-13)18-16(17-14)12-6-4-3-5-7-12;1-7(2)9-5-8-3-4-12(15)14-11(8)6-10(9)13;1-7(2)9-4-5-11-10(6-9)12(15)14-8(3)13-11;1-6(2)7-3-8-10(4-9(7)12)13-5-14-11(8)15;1-5(2)6-3-8-9(4-7(6)11)14-10(12)13-8/h7-9H,1-6H3;8-12H,3-7H2,1-2H3,(H,17,18);3-7H,1-2H3,(H,14,15);4-7H,1-3H3,(H,13,14,15);3-6H,1-2H3,(H,13,14,15);3-5H,1-2H3,(H,13,14). The predicted molar refractivity (Wildman–Crippen MR) is 399 cm³/mol. The molecule has 1 aliphatic rings. The summed E-state index contributed by atoms with van der Waals surface area (Å²) >= 11 is 11.9. The van der Waals surface area contributed by atoms with E-state index >= 15 is 0 Å². The molecular formula is C78H90Cl2F3N11O6. The molecule has 1 saturated carbocycles.